The summed E-state index contributed by atoms with van der Waals surface area (Å²) in [6.07, 6.45) is 0. The fourth-order valence-corrected chi connectivity index (χ4v) is 3.59. The largest absolute Gasteiger partial charge is 0.497 e. The van der Waals surface area contributed by atoms with E-state index in [0.717, 1.165) is 56.3 Å². The molecule has 5 nitrogen and oxygen atoms in total. The summed E-state index contributed by atoms with van der Waals surface area (Å²) in [6.45, 7) is 4.93. The maximum atomic E-state index is 12.8. The molecule has 0 radical (unpaired) electrons. The molecule has 1 fully saturated rings. The quantitative estimate of drug-likeness (QED) is 0.933. The number of carbonyl (C=O) groups excluding carboxylic acids is 1. The van der Waals surface area contributed by atoms with Crippen LogP contribution < -0.4 is 15.0 Å². The van der Waals surface area contributed by atoms with E-state index < -0.39 is 0 Å². The predicted octanol–water partition coefficient (Wildman–Crippen LogP) is 2.26. The van der Waals surface area contributed by atoms with Crippen molar-refractivity contribution in [3.05, 3.63) is 59.2 Å². The van der Waals surface area contributed by atoms with Crippen molar-refractivity contribution in [3.8, 4) is 5.75 Å². The second-order valence-corrected chi connectivity index (χ2v) is 6.57. The molecule has 1 amide bonds. The first kappa shape index (κ1) is 16.0. The van der Waals surface area contributed by atoms with Crippen LogP contribution in [0.4, 0.5) is 5.69 Å². The first-order chi connectivity index (χ1) is 12.2. The van der Waals surface area contributed by atoms with Crippen molar-refractivity contribution in [1.29, 1.82) is 0 Å². The van der Waals surface area contributed by atoms with Crippen LogP contribution in [0.1, 0.15) is 21.5 Å². The summed E-state index contributed by atoms with van der Waals surface area (Å²) in [5.41, 5.74) is 4.51. The normalized spacial score (nSPS) is 16.7. The average molecular weight is 337 g/mol. The Bertz CT molecular complexity index is 782. The van der Waals surface area contributed by atoms with E-state index in [9.17, 15) is 4.79 Å². The number of hydrogen-bond acceptors (Lipinski definition) is 4. The van der Waals surface area contributed by atoms with Crippen molar-refractivity contribution in [2.45, 2.75) is 13.1 Å². The van der Waals surface area contributed by atoms with Gasteiger partial charge in [0.05, 0.1) is 7.11 Å². The van der Waals surface area contributed by atoms with E-state index in [0.29, 0.717) is 0 Å². The Morgan fingerprint density at radius 1 is 1.00 bits per heavy atom. The van der Waals surface area contributed by atoms with Gasteiger partial charge >= 0.3 is 0 Å². The number of anilines is 1. The summed E-state index contributed by atoms with van der Waals surface area (Å²) in [6, 6.07) is 14.2. The van der Waals surface area contributed by atoms with E-state index in [2.05, 4.69) is 22.3 Å². The van der Waals surface area contributed by atoms with Crippen molar-refractivity contribution < 1.29 is 9.53 Å². The lowest BCUT2D eigenvalue weighted by molar-refractivity contribution is 0.0746. The summed E-state index contributed by atoms with van der Waals surface area (Å²) in [5, 5.41) is 3.32. The van der Waals surface area contributed by atoms with E-state index in [4.69, 9.17) is 4.74 Å². The molecule has 25 heavy (non-hydrogen) atoms. The van der Waals surface area contributed by atoms with Crippen molar-refractivity contribution in [1.82, 2.24) is 10.2 Å². The predicted molar refractivity (Wildman–Crippen MR) is 98.1 cm³/mol. The molecule has 2 aromatic rings. The lowest BCUT2D eigenvalue weighted by Gasteiger charge is -2.36. The Balaban J connectivity index is 1.42. The summed E-state index contributed by atoms with van der Waals surface area (Å²) in [4.78, 5) is 17.1. The Labute approximate surface area is 148 Å². The van der Waals surface area contributed by atoms with Gasteiger partial charge in [-0.3, -0.25) is 4.79 Å². The fraction of sp³-hybridized carbons (Fsp3) is 0.350. The minimum Gasteiger partial charge on any atom is -0.497 e. The lowest BCUT2D eigenvalue weighted by atomic mass is 10.1. The molecule has 0 aromatic heterocycles. The fourth-order valence-electron chi connectivity index (χ4n) is 3.59. The second kappa shape index (κ2) is 6.76. The van der Waals surface area contributed by atoms with Gasteiger partial charge in [0.25, 0.3) is 5.91 Å². The van der Waals surface area contributed by atoms with Crippen LogP contribution in [-0.2, 0) is 13.1 Å². The molecular weight excluding hydrogens is 314 g/mol. The van der Waals surface area contributed by atoms with Crippen molar-refractivity contribution in [2.75, 3.05) is 38.2 Å². The number of hydrogen-bond donors (Lipinski definition) is 1. The van der Waals surface area contributed by atoms with Gasteiger partial charge < -0.3 is 19.9 Å². The molecule has 0 atom stereocenters. The first-order valence-electron chi connectivity index (χ1n) is 8.75. The average Bonchev–Trinajstić information content (AvgIpc) is 3.15. The highest BCUT2D eigenvalue weighted by molar-refractivity contribution is 5.94. The Morgan fingerprint density at radius 2 is 1.80 bits per heavy atom. The zero-order chi connectivity index (χ0) is 17.2. The molecule has 1 N–H and O–H groups in total. The van der Waals surface area contributed by atoms with E-state index in [1.54, 1.807) is 7.11 Å². The summed E-state index contributed by atoms with van der Waals surface area (Å²) in [7, 11) is 1.68. The van der Waals surface area contributed by atoms with Crippen molar-refractivity contribution >= 4 is 11.6 Å². The molecule has 130 valence electrons. The standard InChI is InChI=1S/C20H23N3O2/c1-25-19-4-2-3-18(12-19)22-7-9-23(10-8-22)20(24)15-5-6-16-13-21-14-17(16)11-15/h2-6,11-12,21H,7-10,13-14H2,1H3. The maximum absolute atomic E-state index is 12.8. The number of fused-ring (bicyclic) bond motifs is 1. The minimum absolute atomic E-state index is 0.139. The lowest BCUT2D eigenvalue weighted by Crippen LogP contribution is -2.48. The number of methoxy groups -OCH3 is 1. The van der Waals surface area contributed by atoms with Crippen LogP contribution in [0.2, 0.25) is 0 Å². The number of piperazine rings is 1. The third kappa shape index (κ3) is 3.20. The van der Waals surface area contributed by atoms with Crippen LogP contribution >= 0.6 is 0 Å². The molecule has 5 heteroatoms. The molecule has 0 aliphatic carbocycles. The molecule has 1 saturated heterocycles. The SMILES string of the molecule is COc1cccc(N2CCN(C(=O)c3ccc4c(c3)CNC4)CC2)c1. The molecule has 0 spiro atoms. The Kier molecular flexibility index (Phi) is 4.32. The molecule has 2 aliphatic heterocycles. The van der Waals surface area contributed by atoms with Crippen molar-refractivity contribution in [3.63, 3.8) is 0 Å². The zero-order valence-electron chi connectivity index (χ0n) is 14.5. The van der Waals surface area contributed by atoms with E-state index in [1.807, 2.05) is 35.2 Å². The van der Waals surface area contributed by atoms with E-state index in [-0.39, 0.29) is 5.91 Å². The Hall–Kier alpha value is -2.53. The number of amides is 1. The number of ether oxygens (including phenoxy) is 1. The third-order valence-corrected chi connectivity index (χ3v) is 5.07. The first-order valence-corrected chi connectivity index (χ1v) is 8.75. The molecule has 2 aliphatic rings. The summed E-state index contributed by atoms with van der Waals surface area (Å²) < 4.78 is 5.30. The van der Waals surface area contributed by atoms with Gasteiger partial charge in [-0.25, -0.2) is 0 Å². The monoisotopic (exact) mass is 337 g/mol. The minimum atomic E-state index is 0.139. The van der Waals surface area contributed by atoms with Crippen LogP contribution in [-0.4, -0.2) is 44.1 Å². The second-order valence-electron chi connectivity index (χ2n) is 6.57. The van der Waals surface area contributed by atoms with Crippen LogP contribution in [0.15, 0.2) is 42.5 Å². The molecule has 2 aromatic carbocycles. The maximum Gasteiger partial charge on any atom is 0.253 e. The summed E-state index contributed by atoms with van der Waals surface area (Å²) in [5.74, 6) is 1.00. The highest BCUT2D eigenvalue weighted by Gasteiger charge is 2.23. The van der Waals surface area contributed by atoms with Crippen molar-refractivity contribution in [2.24, 2.45) is 0 Å². The third-order valence-electron chi connectivity index (χ3n) is 5.07. The molecule has 0 saturated carbocycles. The number of rotatable bonds is 3. The van der Waals surface area contributed by atoms with Gasteiger partial charge in [0.2, 0.25) is 0 Å². The van der Waals surface area contributed by atoms with E-state index in [1.165, 1.54) is 11.1 Å². The molecule has 0 unspecified atom stereocenters. The van der Waals surface area contributed by atoms with Crippen LogP contribution in [0.5, 0.6) is 5.75 Å². The highest BCUT2D eigenvalue weighted by Crippen LogP contribution is 2.23. The van der Waals surface area contributed by atoms with Gasteiger partial charge in [-0.15, -0.1) is 0 Å². The molecule has 2 heterocycles. The van der Waals surface area contributed by atoms with Crippen LogP contribution in [0.3, 0.4) is 0 Å². The zero-order valence-corrected chi connectivity index (χ0v) is 14.5. The van der Waals surface area contributed by atoms with Gasteiger partial charge in [-0.05, 0) is 35.4 Å². The number of carbonyl (C=O) groups is 1. The van der Waals surface area contributed by atoms with Gasteiger partial charge in [0.15, 0.2) is 0 Å². The topological polar surface area (TPSA) is 44.8 Å². The smallest absolute Gasteiger partial charge is 0.253 e. The van der Waals surface area contributed by atoms with Crippen LogP contribution in [0, 0.1) is 0 Å². The number of nitrogens with zero attached hydrogens (tertiary/aromatic N) is 2. The summed E-state index contributed by atoms with van der Waals surface area (Å²) >= 11 is 0. The molecule has 0 bridgehead atoms. The molecular formula is C20H23N3O2. The number of benzene rings is 2. The van der Waals surface area contributed by atoms with Crippen LogP contribution in [0.25, 0.3) is 0 Å². The van der Waals surface area contributed by atoms with Gasteiger partial charge in [-0.1, -0.05) is 12.1 Å². The van der Waals surface area contributed by atoms with E-state index >= 15 is 0 Å². The van der Waals surface area contributed by atoms with Gasteiger partial charge in [0.1, 0.15) is 5.75 Å². The molecule has 4 rings (SSSR count). The van der Waals surface area contributed by atoms with Gasteiger partial charge in [0, 0.05) is 56.6 Å². The highest BCUT2D eigenvalue weighted by atomic mass is 16.5. The van der Waals surface area contributed by atoms with Gasteiger partial charge in [-0.2, -0.15) is 0 Å². The Morgan fingerprint density at radius 3 is 2.60 bits per heavy atom. The number of nitrogens with one attached hydrogen (secondary N) is 1.